The van der Waals surface area contributed by atoms with E-state index < -0.39 is 12.1 Å². The molecule has 1 aliphatic carbocycles. The molecule has 3 rings (SSSR count). The number of aliphatic carboxylic acids is 1. The monoisotopic (exact) mass is 392 g/mol. The van der Waals surface area contributed by atoms with E-state index in [0.717, 1.165) is 24.8 Å². The molecule has 2 N–H and O–H groups in total. The Labute approximate surface area is 154 Å². The van der Waals surface area contributed by atoms with E-state index >= 15 is 0 Å². The quantitative estimate of drug-likeness (QED) is 0.808. The first-order valence-corrected chi connectivity index (χ1v) is 9.30. The van der Waals surface area contributed by atoms with Gasteiger partial charge in [0.05, 0.1) is 0 Å². The Bertz CT molecular complexity index is 607. The lowest BCUT2D eigenvalue weighted by Gasteiger charge is -2.18. The van der Waals surface area contributed by atoms with Crippen molar-refractivity contribution in [1.82, 2.24) is 10.2 Å². The summed E-state index contributed by atoms with van der Waals surface area (Å²) in [6, 6.07) is 4.60. The van der Waals surface area contributed by atoms with Crippen LogP contribution < -0.4 is 5.32 Å². The van der Waals surface area contributed by atoms with Crippen LogP contribution in [0.5, 0.6) is 0 Å². The van der Waals surface area contributed by atoms with E-state index in [9.17, 15) is 18.0 Å². The van der Waals surface area contributed by atoms with Gasteiger partial charge in [-0.25, -0.2) is 4.79 Å². The molecule has 1 amide bonds. The average molecular weight is 392 g/mol. The van der Waals surface area contributed by atoms with E-state index in [4.69, 9.17) is 9.90 Å². The van der Waals surface area contributed by atoms with Crippen LogP contribution in [0.3, 0.4) is 0 Å². The van der Waals surface area contributed by atoms with Gasteiger partial charge in [-0.1, -0.05) is 6.07 Å². The van der Waals surface area contributed by atoms with Gasteiger partial charge in [0.1, 0.15) is 0 Å². The molecule has 2 heterocycles. The van der Waals surface area contributed by atoms with E-state index in [-0.39, 0.29) is 11.9 Å². The maximum Gasteiger partial charge on any atom is 0.490 e. The Morgan fingerprint density at radius 3 is 2.35 bits per heavy atom. The van der Waals surface area contributed by atoms with Crippen molar-refractivity contribution in [1.29, 1.82) is 0 Å². The van der Waals surface area contributed by atoms with E-state index in [1.807, 2.05) is 25.2 Å². The summed E-state index contributed by atoms with van der Waals surface area (Å²) in [7, 11) is 0. The fraction of sp³-hybridized carbons (Fsp3) is 0.647. The highest BCUT2D eigenvalue weighted by Gasteiger charge is 2.55. The zero-order valence-corrected chi connectivity index (χ0v) is 15.4. The molecule has 1 aromatic rings. The van der Waals surface area contributed by atoms with Crippen molar-refractivity contribution < 1.29 is 27.9 Å². The molecule has 1 saturated heterocycles. The number of carboxylic acids is 1. The Kier molecular flexibility index (Phi) is 6.68. The third-order valence-corrected chi connectivity index (χ3v) is 5.38. The van der Waals surface area contributed by atoms with Crippen molar-refractivity contribution in [2.45, 2.75) is 39.0 Å². The van der Waals surface area contributed by atoms with Crippen LogP contribution >= 0.6 is 11.3 Å². The molecule has 2 aliphatic rings. The molecule has 2 fully saturated rings. The van der Waals surface area contributed by atoms with Crippen LogP contribution in [-0.4, -0.2) is 47.2 Å². The predicted octanol–water partition coefficient (Wildman–Crippen LogP) is 2.97. The van der Waals surface area contributed by atoms with Gasteiger partial charge in [-0.05, 0) is 43.0 Å². The summed E-state index contributed by atoms with van der Waals surface area (Å²) >= 11 is 1.84. The minimum absolute atomic E-state index is 0.235. The number of fused-ring (bicyclic) bond motifs is 1. The largest absolute Gasteiger partial charge is 0.490 e. The molecule has 1 aromatic heterocycles. The Morgan fingerprint density at radius 2 is 1.92 bits per heavy atom. The normalized spacial score (nSPS) is 24.6. The first kappa shape index (κ1) is 20.7. The molecular formula is C17H23F3N2O3S. The smallest absolute Gasteiger partial charge is 0.475 e. The van der Waals surface area contributed by atoms with Gasteiger partial charge in [-0.3, -0.25) is 9.69 Å². The van der Waals surface area contributed by atoms with Gasteiger partial charge in [0.2, 0.25) is 5.91 Å². The fourth-order valence-electron chi connectivity index (χ4n) is 3.39. The van der Waals surface area contributed by atoms with Crippen LogP contribution in [0.25, 0.3) is 0 Å². The first-order chi connectivity index (χ1) is 12.1. The van der Waals surface area contributed by atoms with Crippen LogP contribution in [0.2, 0.25) is 0 Å². The zero-order valence-electron chi connectivity index (χ0n) is 14.6. The van der Waals surface area contributed by atoms with Crippen molar-refractivity contribution >= 4 is 23.2 Å². The van der Waals surface area contributed by atoms with E-state index in [1.54, 1.807) is 0 Å². The second-order valence-corrected chi connectivity index (χ2v) is 8.03. The fourth-order valence-corrected chi connectivity index (χ4v) is 4.13. The molecule has 146 valence electrons. The number of piperidine rings is 1. The number of nitrogens with zero attached hydrogens (tertiary/aromatic N) is 1. The minimum atomic E-state index is -5.08. The molecule has 5 nitrogen and oxygen atoms in total. The molecule has 1 aliphatic heterocycles. The molecule has 3 atom stereocenters. The number of rotatable bonds is 5. The number of hydrogen-bond acceptors (Lipinski definition) is 4. The maximum atomic E-state index is 11.7. The Morgan fingerprint density at radius 1 is 1.35 bits per heavy atom. The number of nitrogens with one attached hydrogen (secondary N) is 1. The van der Waals surface area contributed by atoms with Gasteiger partial charge < -0.3 is 10.4 Å². The molecule has 26 heavy (non-hydrogen) atoms. The molecule has 0 radical (unpaired) electrons. The molecule has 9 heteroatoms. The van der Waals surface area contributed by atoms with Gasteiger partial charge in [0.15, 0.2) is 0 Å². The molecule has 0 spiro atoms. The van der Waals surface area contributed by atoms with E-state index in [2.05, 4.69) is 27.7 Å². The Balaban J connectivity index is 0.000000298. The van der Waals surface area contributed by atoms with Gasteiger partial charge in [-0.2, -0.15) is 13.2 Å². The zero-order chi connectivity index (χ0) is 19.5. The first-order valence-electron chi connectivity index (χ1n) is 8.42. The molecule has 0 aromatic carbocycles. The number of carbonyl (C=O) groups is 2. The highest BCUT2D eigenvalue weighted by molar-refractivity contribution is 7.09. The lowest BCUT2D eigenvalue weighted by molar-refractivity contribution is -0.192. The van der Waals surface area contributed by atoms with Crippen molar-refractivity contribution in [2.75, 3.05) is 13.1 Å². The lowest BCUT2D eigenvalue weighted by Crippen LogP contribution is -2.31. The van der Waals surface area contributed by atoms with Gasteiger partial charge >= 0.3 is 12.1 Å². The Hall–Kier alpha value is -1.61. The van der Waals surface area contributed by atoms with Crippen LogP contribution in [0.4, 0.5) is 13.2 Å². The average Bonchev–Trinajstić information content (AvgIpc) is 2.92. The van der Waals surface area contributed by atoms with E-state index in [1.165, 1.54) is 18.0 Å². The number of likely N-dealkylation sites (tertiary alicyclic amines) is 1. The van der Waals surface area contributed by atoms with Crippen molar-refractivity contribution in [2.24, 2.45) is 17.8 Å². The number of alkyl halides is 3. The van der Waals surface area contributed by atoms with Gasteiger partial charge in [0, 0.05) is 37.0 Å². The lowest BCUT2D eigenvalue weighted by atomic mass is 10.1. The predicted molar refractivity (Wildman–Crippen MR) is 91.7 cm³/mol. The molecule has 1 unspecified atom stereocenters. The van der Waals surface area contributed by atoms with E-state index in [0.29, 0.717) is 5.92 Å². The summed E-state index contributed by atoms with van der Waals surface area (Å²) in [5.74, 6) is -0.319. The summed E-state index contributed by atoms with van der Waals surface area (Å²) in [6.45, 7) is 7.50. The summed E-state index contributed by atoms with van der Waals surface area (Å²) < 4.78 is 31.7. The van der Waals surface area contributed by atoms with Crippen LogP contribution in [0, 0.1) is 17.8 Å². The molecule has 0 bridgehead atoms. The second-order valence-electron chi connectivity index (χ2n) is 6.99. The topological polar surface area (TPSA) is 69.6 Å². The summed E-state index contributed by atoms with van der Waals surface area (Å²) in [5, 5.41) is 12.3. The number of carbonyl (C=O) groups excluding carboxylic acids is 1. The van der Waals surface area contributed by atoms with Crippen molar-refractivity contribution in [3.63, 3.8) is 0 Å². The number of carboxylic acid groups (broad SMARTS) is 1. The third kappa shape index (κ3) is 5.98. The van der Waals surface area contributed by atoms with Gasteiger partial charge in [0.25, 0.3) is 0 Å². The molecular weight excluding hydrogens is 369 g/mol. The standard InChI is InChI=1S/C15H22N2OS.C2HF3O2/c1-10(2)16-15(18)6-12-13-8-17(9-14(12)13)7-11-4-3-5-19-11;3-2(4,5)1(6)7/h3-5,10,12-14H,6-9H2,1-2H3,(H,16,18);(H,6,7)/t12?,13-,14+;. The van der Waals surface area contributed by atoms with Crippen molar-refractivity contribution in [3.8, 4) is 0 Å². The number of hydrogen-bond donors (Lipinski definition) is 2. The van der Waals surface area contributed by atoms with Crippen LogP contribution in [0.1, 0.15) is 25.1 Å². The summed E-state index contributed by atoms with van der Waals surface area (Å²) in [5.41, 5.74) is 0. The van der Waals surface area contributed by atoms with Gasteiger partial charge in [-0.15, -0.1) is 11.3 Å². The summed E-state index contributed by atoms with van der Waals surface area (Å²) in [6.07, 6.45) is -4.35. The summed E-state index contributed by atoms with van der Waals surface area (Å²) in [4.78, 5) is 24.6. The van der Waals surface area contributed by atoms with Crippen LogP contribution in [0.15, 0.2) is 17.5 Å². The van der Waals surface area contributed by atoms with Crippen LogP contribution in [-0.2, 0) is 16.1 Å². The minimum Gasteiger partial charge on any atom is -0.475 e. The highest BCUT2D eigenvalue weighted by atomic mass is 32.1. The third-order valence-electron chi connectivity index (χ3n) is 4.52. The second kappa shape index (κ2) is 8.39. The maximum absolute atomic E-state index is 11.7. The number of halogens is 3. The molecule has 1 saturated carbocycles. The number of thiophene rings is 1. The highest BCUT2D eigenvalue weighted by Crippen LogP contribution is 2.53. The SMILES string of the molecule is CC(C)NC(=O)CC1[C@H]2CN(Cc3cccs3)C[C@@H]12.O=C(O)C(F)(F)F. The number of amides is 1. The van der Waals surface area contributed by atoms with Crippen molar-refractivity contribution in [3.05, 3.63) is 22.4 Å².